The molecule has 0 bridgehead atoms. The third kappa shape index (κ3) is 4.08. The third-order valence-electron chi connectivity index (χ3n) is 3.68. The minimum atomic E-state index is 0.110. The largest absolute Gasteiger partial charge is 0.494 e. The molecule has 0 spiro atoms. The first-order chi connectivity index (χ1) is 10.7. The highest BCUT2D eigenvalue weighted by Gasteiger charge is 2.10. The summed E-state index contributed by atoms with van der Waals surface area (Å²) in [5, 5.41) is 17.0. The average Bonchev–Trinajstić information content (AvgIpc) is 2.76. The quantitative estimate of drug-likeness (QED) is 0.785. The van der Waals surface area contributed by atoms with Gasteiger partial charge in [-0.05, 0) is 38.5 Å². The summed E-state index contributed by atoms with van der Waals surface area (Å²) in [6.45, 7) is 8.92. The lowest BCUT2D eigenvalue weighted by Gasteiger charge is -2.08. The van der Waals surface area contributed by atoms with Gasteiger partial charge >= 0.3 is 0 Å². The number of benzene rings is 1. The summed E-state index contributed by atoms with van der Waals surface area (Å²) >= 11 is 0. The number of hydrogen-bond acceptors (Lipinski definition) is 4. The zero-order chi connectivity index (χ0) is 15.9. The molecular weight excluding hydrogens is 278 g/mol. The number of aliphatic hydroxyl groups excluding tert-OH is 1. The van der Waals surface area contributed by atoms with Crippen molar-refractivity contribution in [2.45, 2.75) is 40.4 Å². The minimum Gasteiger partial charge on any atom is -0.494 e. The first-order valence-electron chi connectivity index (χ1n) is 7.72. The van der Waals surface area contributed by atoms with Gasteiger partial charge in [0.1, 0.15) is 5.75 Å². The normalized spacial score (nSPS) is 10.9. The van der Waals surface area contributed by atoms with E-state index in [-0.39, 0.29) is 6.61 Å². The molecule has 0 radical (unpaired) electrons. The lowest BCUT2D eigenvalue weighted by Crippen LogP contribution is -2.14. The van der Waals surface area contributed by atoms with E-state index in [1.807, 2.05) is 37.6 Å². The predicted molar refractivity (Wildman–Crippen MR) is 86.9 cm³/mol. The Labute approximate surface area is 131 Å². The van der Waals surface area contributed by atoms with Gasteiger partial charge in [-0.2, -0.15) is 5.10 Å². The van der Waals surface area contributed by atoms with E-state index in [9.17, 15) is 0 Å². The third-order valence-corrected chi connectivity index (χ3v) is 3.68. The van der Waals surface area contributed by atoms with Gasteiger partial charge in [0, 0.05) is 24.3 Å². The molecule has 5 nitrogen and oxygen atoms in total. The number of aliphatic hydroxyl groups is 1. The topological polar surface area (TPSA) is 59.3 Å². The van der Waals surface area contributed by atoms with Crippen LogP contribution >= 0.6 is 0 Å². The molecule has 1 aromatic carbocycles. The molecule has 0 amide bonds. The summed E-state index contributed by atoms with van der Waals surface area (Å²) in [6.07, 6.45) is 0. The number of nitrogens with zero attached hydrogens (tertiary/aromatic N) is 2. The highest BCUT2D eigenvalue weighted by atomic mass is 16.5. The molecule has 0 atom stereocenters. The lowest BCUT2D eigenvalue weighted by molar-refractivity contribution is 0.267. The van der Waals surface area contributed by atoms with E-state index >= 15 is 0 Å². The summed E-state index contributed by atoms with van der Waals surface area (Å²) in [7, 11) is 0. The van der Waals surface area contributed by atoms with Crippen molar-refractivity contribution in [2.75, 3.05) is 13.2 Å². The standard InChI is InChI=1S/C17H25N3O2/c1-4-22-16-7-5-6-15(10-16)11-18-12-17-13(2)19-20(8-9-21)14(17)3/h5-7,10,18,21H,4,8-9,11-12H2,1-3H3. The fourth-order valence-corrected chi connectivity index (χ4v) is 2.55. The Bertz CT molecular complexity index is 608. The van der Waals surface area contributed by atoms with Gasteiger partial charge in [0.05, 0.1) is 25.5 Å². The van der Waals surface area contributed by atoms with E-state index in [1.165, 1.54) is 11.1 Å². The second-order valence-corrected chi connectivity index (χ2v) is 5.28. The van der Waals surface area contributed by atoms with Crippen LogP contribution in [0.15, 0.2) is 24.3 Å². The number of hydrogen-bond donors (Lipinski definition) is 2. The van der Waals surface area contributed by atoms with Crippen molar-refractivity contribution in [1.82, 2.24) is 15.1 Å². The van der Waals surface area contributed by atoms with E-state index < -0.39 is 0 Å². The Balaban J connectivity index is 1.95. The number of ether oxygens (including phenoxy) is 1. The first-order valence-corrected chi connectivity index (χ1v) is 7.72. The lowest BCUT2D eigenvalue weighted by atomic mass is 10.1. The molecule has 0 fully saturated rings. The molecule has 0 saturated carbocycles. The van der Waals surface area contributed by atoms with Gasteiger partial charge in [-0.15, -0.1) is 0 Å². The zero-order valence-corrected chi connectivity index (χ0v) is 13.6. The second-order valence-electron chi connectivity index (χ2n) is 5.28. The molecule has 1 aromatic heterocycles. The van der Waals surface area contributed by atoms with Crippen molar-refractivity contribution >= 4 is 0 Å². The summed E-state index contributed by atoms with van der Waals surface area (Å²) in [5.74, 6) is 0.907. The van der Waals surface area contributed by atoms with Gasteiger partial charge in [0.25, 0.3) is 0 Å². The maximum atomic E-state index is 9.05. The molecule has 0 aliphatic rings. The highest BCUT2D eigenvalue weighted by Crippen LogP contribution is 2.15. The minimum absolute atomic E-state index is 0.110. The van der Waals surface area contributed by atoms with Crippen LogP contribution in [0.25, 0.3) is 0 Å². The van der Waals surface area contributed by atoms with Crippen molar-refractivity contribution in [3.05, 3.63) is 46.8 Å². The highest BCUT2D eigenvalue weighted by molar-refractivity contribution is 5.29. The van der Waals surface area contributed by atoms with E-state index in [0.717, 1.165) is 30.2 Å². The molecule has 2 aromatic rings. The Kier molecular flexibility index (Phi) is 5.98. The van der Waals surface area contributed by atoms with Gasteiger partial charge in [-0.1, -0.05) is 12.1 Å². The summed E-state index contributed by atoms with van der Waals surface area (Å²) in [5.41, 5.74) is 4.53. The van der Waals surface area contributed by atoms with Crippen molar-refractivity contribution < 1.29 is 9.84 Å². The SMILES string of the molecule is CCOc1cccc(CNCc2c(C)nn(CCO)c2C)c1. The Morgan fingerprint density at radius 2 is 2.09 bits per heavy atom. The average molecular weight is 303 g/mol. The van der Waals surface area contributed by atoms with Crippen LogP contribution in [0, 0.1) is 13.8 Å². The molecule has 5 heteroatoms. The monoisotopic (exact) mass is 303 g/mol. The van der Waals surface area contributed by atoms with Crippen LogP contribution in [0.5, 0.6) is 5.75 Å². The van der Waals surface area contributed by atoms with E-state index in [2.05, 4.69) is 22.5 Å². The summed E-state index contributed by atoms with van der Waals surface area (Å²) in [6, 6.07) is 8.13. The molecule has 0 aliphatic heterocycles. The first kappa shape index (κ1) is 16.5. The summed E-state index contributed by atoms with van der Waals surface area (Å²) in [4.78, 5) is 0. The molecular formula is C17H25N3O2. The van der Waals surface area contributed by atoms with E-state index in [1.54, 1.807) is 0 Å². The number of nitrogens with one attached hydrogen (secondary N) is 1. The van der Waals surface area contributed by atoms with Crippen LogP contribution in [0.2, 0.25) is 0 Å². The molecule has 0 saturated heterocycles. The molecule has 2 N–H and O–H groups in total. The molecule has 0 aliphatic carbocycles. The predicted octanol–water partition coefficient (Wildman–Crippen LogP) is 2.18. The smallest absolute Gasteiger partial charge is 0.119 e. The molecule has 1 heterocycles. The van der Waals surface area contributed by atoms with Crippen molar-refractivity contribution in [3.8, 4) is 5.75 Å². The summed E-state index contributed by atoms with van der Waals surface area (Å²) < 4.78 is 7.38. The molecule has 120 valence electrons. The second kappa shape index (κ2) is 7.96. The van der Waals surface area contributed by atoms with Crippen LogP contribution in [0.3, 0.4) is 0 Å². The van der Waals surface area contributed by atoms with Crippen LogP contribution in [0.4, 0.5) is 0 Å². The van der Waals surface area contributed by atoms with Gasteiger partial charge in [0.2, 0.25) is 0 Å². The fourth-order valence-electron chi connectivity index (χ4n) is 2.55. The molecule has 22 heavy (non-hydrogen) atoms. The Hall–Kier alpha value is -1.85. The fraction of sp³-hybridized carbons (Fsp3) is 0.471. The van der Waals surface area contributed by atoms with Crippen molar-refractivity contribution in [2.24, 2.45) is 0 Å². The Morgan fingerprint density at radius 1 is 1.27 bits per heavy atom. The molecule has 2 rings (SSSR count). The maximum Gasteiger partial charge on any atom is 0.119 e. The maximum absolute atomic E-state index is 9.05. The van der Waals surface area contributed by atoms with Crippen LogP contribution in [-0.2, 0) is 19.6 Å². The van der Waals surface area contributed by atoms with E-state index in [4.69, 9.17) is 9.84 Å². The van der Waals surface area contributed by atoms with Crippen LogP contribution in [-0.4, -0.2) is 28.1 Å². The van der Waals surface area contributed by atoms with Gasteiger partial charge in [-0.25, -0.2) is 0 Å². The number of aromatic nitrogens is 2. The van der Waals surface area contributed by atoms with E-state index in [0.29, 0.717) is 13.2 Å². The zero-order valence-electron chi connectivity index (χ0n) is 13.6. The van der Waals surface area contributed by atoms with Gasteiger partial charge < -0.3 is 15.2 Å². The van der Waals surface area contributed by atoms with Crippen LogP contribution < -0.4 is 10.1 Å². The van der Waals surface area contributed by atoms with Crippen molar-refractivity contribution in [1.29, 1.82) is 0 Å². The number of rotatable bonds is 8. The molecule has 0 unspecified atom stereocenters. The van der Waals surface area contributed by atoms with Crippen molar-refractivity contribution in [3.63, 3.8) is 0 Å². The van der Waals surface area contributed by atoms with Gasteiger partial charge in [0.15, 0.2) is 0 Å². The number of aryl methyl sites for hydroxylation is 1. The van der Waals surface area contributed by atoms with Crippen LogP contribution in [0.1, 0.15) is 29.4 Å². The Morgan fingerprint density at radius 3 is 2.82 bits per heavy atom. The van der Waals surface area contributed by atoms with Gasteiger partial charge in [-0.3, -0.25) is 4.68 Å².